The molecule has 0 spiro atoms. The fourth-order valence-corrected chi connectivity index (χ4v) is 2.74. The molecule has 1 amide bonds. The van der Waals surface area contributed by atoms with Gasteiger partial charge < -0.3 is 10.4 Å². The zero-order chi connectivity index (χ0) is 14.7. The van der Waals surface area contributed by atoms with E-state index in [0.29, 0.717) is 21.7 Å². The number of anilines is 1. The number of carbonyl (C=O) groups excluding carboxylic acids is 1. The molecule has 1 aromatic rings. The van der Waals surface area contributed by atoms with Crippen LogP contribution >= 0.6 is 23.2 Å². The van der Waals surface area contributed by atoms with Gasteiger partial charge in [-0.25, -0.2) is 0 Å². The average Bonchev–Trinajstić information content (AvgIpc) is 2.33. The van der Waals surface area contributed by atoms with Crippen LogP contribution < -0.4 is 5.32 Å². The van der Waals surface area contributed by atoms with Crippen molar-refractivity contribution in [2.75, 3.05) is 25.5 Å². The van der Waals surface area contributed by atoms with Crippen molar-refractivity contribution in [3.8, 4) is 0 Å². The molecule has 1 aliphatic carbocycles. The summed E-state index contributed by atoms with van der Waals surface area (Å²) in [6, 6.07) is 5.13. The van der Waals surface area contributed by atoms with Crippen molar-refractivity contribution in [3.63, 3.8) is 0 Å². The van der Waals surface area contributed by atoms with Crippen molar-refractivity contribution in [3.05, 3.63) is 28.2 Å². The van der Waals surface area contributed by atoms with Crippen LogP contribution in [0.1, 0.15) is 12.8 Å². The van der Waals surface area contributed by atoms with Crippen LogP contribution in [0.4, 0.5) is 5.69 Å². The molecule has 1 aromatic carbocycles. The lowest BCUT2D eigenvalue weighted by atomic mass is 9.82. The molecule has 0 atom stereocenters. The number of nitrogens with zero attached hydrogens (tertiary/aromatic N) is 1. The predicted octanol–water partition coefficient (Wildman–Crippen LogP) is 2.63. The molecular formula is C14H18Cl2N2O2. The van der Waals surface area contributed by atoms with Crippen molar-refractivity contribution < 1.29 is 9.90 Å². The summed E-state index contributed by atoms with van der Waals surface area (Å²) in [7, 11) is 1.89. The van der Waals surface area contributed by atoms with Crippen molar-refractivity contribution in [1.82, 2.24) is 4.90 Å². The topological polar surface area (TPSA) is 52.6 Å². The quantitative estimate of drug-likeness (QED) is 0.878. The minimum absolute atomic E-state index is 0.128. The number of rotatable bonds is 5. The molecule has 1 aliphatic rings. The average molecular weight is 317 g/mol. The Morgan fingerprint density at radius 1 is 1.45 bits per heavy atom. The maximum atomic E-state index is 11.9. The molecule has 20 heavy (non-hydrogen) atoms. The van der Waals surface area contributed by atoms with Gasteiger partial charge in [-0.2, -0.15) is 0 Å². The van der Waals surface area contributed by atoms with E-state index in [-0.39, 0.29) is 18.6 Å². The number of aliphatic hydroxyl groups is 1. The third-order valence-corrected chi connectivity index (χ3v) is 4.24. The van der Waals surface area contributed by atoms with Crippen molar-refractivity contribution >= 4 is 34.8 Å². The van der Waals surface area contributed by atoms with Gasteiger partial charge in [0.1, 0.15) is 0 Å². The lowest BCUT2D eigenvalue weighted by Crippen LogP contribution is -2.39. The number of carbonyl (C=O) groups is 1. The highest BCUT2D eigenvalue weighted by Crippen LogP contribution is 2.30. The van der Waals surface area contributed by atoms with Crippen LogP contribution in [-0.4, -0.2) is 42.2 Å². The van der Waals surface area contributed by atoms with E-state index in [0.717, 1.165) is 19.4 Å². The van der Waals surface area contributed by atoms with Gasteiger partial charge >= 0.3 is 0 Å². The van der Waals surface area contributed by atoms with Crippen molar-refractivity contribution in [2.45, 2.75) is 18.9 Å². The molecular weight excluding hydrogens is 299 g/mol. The van der Waals surface area contributed by atoms with Gasteiger partial charge in [0.2, 0.25) is 5.91 Å². The van der Waals surface area contributed by atoms with Crippen molar-refractivity contribution in [2.24, 2.45) is 5.92 Å². The van der Waals surface area contributed by atoms with Crippen LogP contribution in [0.15, 0.2) is 18.2 Å². The minimum Gasteiger partial charge on any atom is -0.393 e. The SMILES string of the molecule is CN(CC(=O)Nc1cccc(Cl)c1Cl)CC1CC(O)C1. The zero-order valence-electron chi connectivity index (χ0n) is 11.3. The Morgan fingerprint density at radius 3 is 2.80 bits per heavy atom. The monoisotopic (exact) mass is 316 g/mol. The van der Waals surface area contributed by atoms with Crippen LogP contribution in [0, 0.1) is 5.92 Å². The first-order valence-electron chi connectivity index (χ1n) is 6.56. The Kier molecular flexibility index (Phi) is 5.27. The lowest BCUT2D eigenvalue weighted by molar-refractivity contribution is -0.117. The van der Waals surface area contributed by atoms with E-state index in [1.807, 2.05) is 11.9 Å². The predicted molar refractivity (Wildman–Crippen MR) is 81.3 cm³/mol. The van der Waals surface area contributed by atoms with Gasteiger partial charge in [0.25, 0.3) is 0 Å². The van der Waals surface area contributed by atoms with Gasteiger partial charge in [0.15, 0.2) is 0 Å². The molecule has 0 bridgehead atoms. The second-order valence-corrected chi connectivity index (χ2v) is 6.12. The van der Waals surface area contributed by atoms with E-state index in [1.165, 1.54) is 0 Å². The molecule has 4 nitrogen and oxygen atoms in total. The Bertz CT molecular complexity index is 490. The molecule has 0 unspecified atom stereocenters. The fourth-order valence-electron chi connectivity index (χ4n) is 2.39. The molecule has 2 N–H and O–H groups in total. The second-order valence-electron chi connectivity index (χ2n) is 5.34. The largest absolute Gasteiger partial charge is 0.393 e. The van der Waals surface area contributed by atoms with Crippen LogP contribution in [0.5, 0.6) is 0 Å². The Balaban J connectivity index is 1.81. The lowest BCUT2D eigenvalue weighted by Gasteiger charge is -2.34. The Hall–Kier alpha value is -0.810. The summed E-state index contributed by atoms with van der Waals surface area (Å²) >= 11 is 11.9. The molecule has 0 heterocycles. The summed E-state index contributed by atoms with van der Waals surface area (Å²) in [4.78, 5) is 13.9. The first-order chi connectivity index (χ1) is 9.45. The first kappa shape index (κ1) is 15.6. The van der Waals surface area contributed by atoms with Crippen LogP contribution in [0.3, 0.4) is 0 Å². The second kappa shape index (κ2) is 6.76. The van der Waals surface area contributed by atoms with Gasteiger partial charge in [-0.15, -0.1) is 0 Å². The molecule has 0 saturated heterocycles. The summed E-state index contributed by atoms with van der Waals surface area (Å²) < 4.78 is 0. The Labute approximate surface area is 128 Å². The van der Waals surface area contributed by atoms with E-state index in [9.17, 15) is 9.90 Å². The highest BCUT2D eigenvalue weighted by molar-refractivity contribution is 6.43. The number of aliphatic hydroxyl groups excluding tert-OH is 1. The summed E-state index contributed by atoms with van der Waals surface area (Å²) in [6.07, 6.45) is 1.49. The number of benzene rings is 1. The van der Waals surface area contributed by atoms with Gasteiger partial charge in [-0.3, -0.25) is 9.69 Å². The van der Waals surface area contributed by atoms with E-state index in [1.54, 1.807) is 18.2 Å². The molecule has 1 saturated carbocycles. The number of hydrogen-bond acceptors (Lipinski definition) is 3. The number of hydrogen-bond donors (Lipinski definition) is 2. The standard InChI is InChI=1S/C14H18Cl2N2O2/c1-18(7-9-5-10(19)6-9)8-13(20)17-12-4-2-3-11(15)14(12)16/h2-4,9-10,19H,5-8H2,1H3,(H,17,20). The van der Waals surface area contributed by atoms with Gasteiger partial charge in [-0.1, -0.05) is 29.3 Å². The van der Waals surface area contributed by atoms with E-state index in [2.05, 4.69) is 5.32 Å². The summed E-state index contributed by atoms with van der Waals surface area (Å²) in [6.45, 7) is 1.10. The third kappa shape index (κ3) is 4.09. The maximum Gasteiger partial charge on any atom is 0.238 e. The van der Waals surface area contributed by atoms with Crippen LogP contribution in [0.2, 0.25) is 10.0 Å². The smallest absolute Gasteiger partial charge is 0.238 e. The number of likely N-dealkylation sites (N-methyl/N-ethyl adjacent to an activating group) is 1. The number of halogens is 2. The Morgan fingerprint density at radius 2 is 2.15 bits per heavy atom. The van der Waals surface area contributed by atoms with E-state index < -0.39 is 0 Å². The zero-order valence-corrected chi connectivity index (χ0v) is 12.8. The minimum atomic E-state index is -0.160. The molecule has 0 aliphatic heterocycles. The fraction of sp³-hybridized carbons (Fsp3) is 0.500. The maximum absolute atomic E-state index is 11.9. The molecule has 110 valence electrons. The highest BCUT2D eigenvalue weighted by atomic mass is 35.5. The number of nitrogens with one attached hydrogen (secondary N) is 1. The summed E-state index contributed by atoms with van der Waals surface area (Å²) in [5, 5.41) is 12.8. The first-order valence-corrected chi connectivity index (χ1v) is 7.31. The van der Waals surface area contributed by atoms with Gasteiger partial charge in [-0.05, 0) is 37.9 Å². The molecule has 0 radical (unpaired) electrons. The van der Waals surface area contributed by atoms with E-state index >= 15 is 0 Å². The third-order valence-electron chi connectivity index (χ3n) is 3.42. The van der Waals surface area contributed by atoms with Crippen LogP contribution in [0.25, 0.3) is 0 Å². The van der Waals surface area contributed by atoms with Gasteiger partial charge in [0.05, 0.1) is 28.4 Å². The number of amides is 1. The highest BCUT2D eigenvalue weighted by Gasteiger charge is 2.28. The van der Waals surface area contributed by atoms with Gasteiger partial charge in [0, 0.05) is 6.54 Å². The summed E-state index contributed by atoms with van der Waals surface area (Å²) in [5.41, 5.74) is 0.525. The van der Waals surface area contributed by atoms with Crippen LogP contribution in [-0.2, 0) is 4.79 Å². The molecule has 1 fully saturated rings. The molecule has 2 rings (SSSR count). The van der Waals surface area contributed by atoms with Crippen molar-refractivity contribution in [1.29, 1.82) is 0 Å². The summed E-state index contributed by atoms with van der Waals surface area (Å²) in [5.74, 6) is 0.356. The molecule has 0 aromatic heterocycles. The normalized spacial score (nSPS) is 21.6. The molecule has 6 heteroatoms. The van der Waals surface area contributed by atoms with E-state index in [4.69, 9.17) is 23.2 Å².